The Morgan fingerprint density at radius 3 is 2.28 bits per heavy atom. The summed E-state index contributed by atoms with van der Waals surface area (Å²) in [4.78, 5) is 18.1. The Balaban J connectivity index is 0. The third-order valence-electron chi connectivity index (χ3n) is 3.09. The average Bonchev–Trinajstić information content (AvgIpc) is 2.46. The number of carbonyl (C=O) groups excluding carboxylic acids is 1. The summed E-state index contributed by atoms with van der Waals surface area (Å²) in [6.07, 6.45) is 0.542. The smallest absolute Gasteiger partial charge is 0.410 e. The van der Waals surface area contributed by atoms with Crippen molar-refractivity contribution in [1.29, 1.82) is 0 Å². The number of amides is 1. The third-order valence-corrected chi connectivity index (χ3v) is 3.09. The molecule has 0 aromatic heterocycles. The van der Waals surface area contributed by atoms with Gasteiger partial charge in [0.2, 0.25) is 0 Å². The fourth-order valence-electron chi connectivity index (χ4n) is 1.94. The summed E-state index contributed by atoms with van der Waals surface area (Å²) in [5, 5.41) is 6.41. The first-order valence-electron chi connectivity index (χ1n) is 8.73. The number of aliphatic imine (C=N–C) groups is 1. The van der Waals surface area contributed by atoms with E-state index in [-0.39, 0.29) is 36.1 Å². The van der Waals surface area contributed by atoms with Crippen LogP contribution in [0.3, 0.4) is 0 Å². The van der Waals surface area contributed by atoms with Crippen LogP contribution in [0.5, 0.6) is 0 Å². The molecule has 0 unspecified atom stereocenters. The van der Waals surface area contributed by atoms with Crippen molar-refractivity contribution in [3.05, 3.63) is 0 Å². The van der Waals surface area contributed by atoms with E-state index in [2.05, 4.69) is 15.6 Å². The summed E-state index contributed by atoms with van der Waals surface area (Å²) in [6, 6.07) is 0.100. The van der Waals surface area contributed by atoms with Gasteiger partial charge in [-0.2, -0.15) is 0 Å². The first-order valence-corrected chi connectivity index (χ1v) is 8.73. The lowest BCUT2D eigenvalue weighted by Crippen LogP contribution is -2.43. The van der Waals surface area contributed by atoms with Crippen molar-refractivity contribution in [3.8, 4) is 0 Å². The van der Waals surface area contributed by atoms with E-state index in [9.17, 15) is 4.79 Å². The van der Waals surface area contributed by atoms with Crippen LogP contribution in [0.15, 0.2) is 4.99 Å². The molecule has 0 aliphatic rings. The van der Waals surface area contributed by atoms with Crippen molar-refractivity contribution < 1.29 is 14.3 Å². The van der Waals surface area contributed by atoms with E-state index in [1.165, 1.54) is 0 Å². The van der Waals surface area contributed by atoms with Gasteiger partial charge in [-0.3, -0.25) is 4.99 Å². The van der Waals surface area contributed by atoms with Crippen LogP contribution < -0.4 is 10.6 Å². The Hall–Kier alpha value is -0.770. The number of halogens is 1. The molecule has 0 radical (unpaired) electrons. The molecule has 0 rings (SSSR count). The highest BCUT2D eigenvalue weighted by molar-refractivity contribution is 14.0. The molecule has 0 saturated heterocycles. The minimum atomic E-state index is -0.477. The Morgan fingerprint density at radius 1 is 1.20 bits per heavy atom. The molecule has 0 saturated carbocycles. The number of ether oxygens (including phenoxy) is 2. The van der Waals surface area contributed by atoms with Gasteiger partial charge in [-0.15, -0.1) is 24.0 Å². The molecule has 0 heterocycles. The second-order valence-corrected chi connectivity index (χ2v) is 6.74. The second-order valence-electron chi connectivity index (χ2n) is 6.74. The highest BCUT2D eigenvalue weighted by atomic mass is 127. The van der Waals surface area contributed by atoms with Gasteiger partial charge in [0, 0.05) is 39.3 Å². The molecule has 0 aliphatic carbocycles. The molecule has 1 amide bonds. The van der Waals surface area contributed by atoms with E-state index in [1.807, 2.05) is 41.5 Å². The normalized spacial score (nSPS) is 11.8. The van der Waals surface area contributed by atoms with Gasteiger partial charge in [0.15, 0.2) is 5.96 Å². The number of hydrogen-bond donors (Lipinski definition) is 2. The van der Waals surface area contributed by atoms with E-state index in [4.69, 9.17) is 9.47 Å². The maximum absolute atomic E-state index is 12.2. The molecule has 0 aromatic rings. The average molecular weight is 472 g/mol. The Labute approximate surface area is 170 Å². The molecule has 0 aromatic carbocycles. The summed E-state index contributed by atoms with van der Waals surface area (Å²) < 4.78 is 10.7. The van der Waals surface area contributed by atoms with Gasteiger partial charge in [-0.25, -0.2) is 4.79 Å². The van der Waals surface area contributed by atoms with Crippen molar-refractivity contribution in [2.45, 2.75) is 59.6 Å². The van der Waals surface area contributed by atoms with Crippen molar-refractivity contribution >= 4 is 36.0 Å². The molecule has 7 nitrogen and oxygen atoms in total. The van der Waals surface area contributed by atoms with Crippen LogP contribution in [0.1, 0.15) is 48.0 Å². The van der Waals surface area contributed by atoms with Crippen LogP contribution in [0.25, 0.3) is 0 Å². The molecule has 150 valence electrons. The third kappa shape index (κ3) is 14.1. The standard InChI is InChI=1S/C17H36N4O3.HI/c1-8-23-13-11-20-15(18-7)19-10-9-12-21(14(2)3)16(22)24-17(4,5)6;/h14H,8-13H2,1-7H3,(H2,18,19,20);1H. The Kier molecular flexibility index (Phi) is 15.2. The molecule has 0 spiro atoms. The van der Waals surface area contributed by atoms with E-state index in [1.54, 1.807) is 11.9 Å². The zero-order chi connectivity index (χ0) is 18.6. The van der Waals surface area contributed by atoms with Gasteiger partial charge < -0.3 is 25.0 Å². The topological polar surface area (TPSA) is 75.2 Å². The van der Waals surface area contributed by atoms with Crippen LogP contribution >= 0.6 is 24.0 Å². The number of rotatable bonds is 9. The van der Waals surface area contributed by atoms with E-state index >= 15 is 0 Å². The molecular weight excluding hydrogens is 435 g/mol. The molecule has 0 aliphatic heterocycles. The Morgan fingerprint density at radius 2 is 1.80 bits per heavy atom. The quantitative estimate of drug-likeness (QED) is 0.234. The molecule has 0 atom stereocenters. The van der Waals surface area contributed by atoms with Crippen molar-refractivity contribution in [1.82, 2.24) is 15.5 Å². The number of nitrogens with one attached hydrogen (secondary N) is 2. The molecule has 0 bridgehead atoms. The largest absolute Gasteiger partial charge is 0.444 e. The highest BCUT2D eigenvalue weighted by Gasteiger charge is 2.23. The van der Waals surface area contributed by atoms with Gasteiger partial charge in [-0.05, 0) is 48.0 Å². The van der Waals surface area contributed by atoms with Crippen molar-refractivity contribution in [2.24, 2.45) is 4.99 Å². The molecule has 8 heteroatoms. The van der Waals surface area contributed by atoms with Crippen LogP contribution in [0.2, 0.25) is 0 Å². The van der Waals surface area contributed by atoms with Gasteiger partial charge >= 0.3 is 6.09 Å². The summed E-state index contributed by atoms with van der Waals surface area (Å²) >= 11 is 0. The van der Waals surface area contributed by atoms with Gasteiger partial charge in [-0.1, -0.05) is 0 Å². The lowest BCUT2D eigenvalue weighted by Gasteiger charge is -2.30. The molecule has 25 heavy (non-hydrogen) atoms. The SMILES string of the molecule is CCOCCNC(=NC)NCCCN(C(=O)OC(C)(C)C)C(C)C.I. The van der Waals surface area contributed by atoms with Crippen molar-refractivity contribution in [3.63, 3.8) is 0 Å². The number of carbonyl (C=O) groups is 1. The van der Waals surface area contributed by atoms with Crippen LogP contribution in [-0.4, -0.2) is 68.5 Å². The fraction of sp³-hybridized carbons (Fsp3) is 0.882. The van der Waals surface area contributed by atoms with Gasteiger partial charge in [0.25, 0.3) is 0 Å². The summed E-state index contributed by atoms with van der Waals surface area (Å²) in [5.41, 5.74) is -0.477. The first kappa shape index (κ1) is 26.5. The molecule has 0 fully saturated rings. The van der Waals surface area contributed by atoms with Crippen LogP contribution in [0.4, 0.5) is 4.79 Å². The van der Waals surface area contributed by atoms with E-state index < -0.39 is 5.60 Å². The summed E-state index contributed by atoms with van der Waals surface area (Å²) in [5.74, 6) is 0.739. The summed E-state index contributed by atoms with van der Waals surface area (Å²) in [6.45, 7) is 15.0. The molecular formula is C17H37IN4O3. The maximum atomic E-state index is 12.2. The number of hydrogen-bond acceptors (Lipinski definition) is 4. The zero-order valence-corrected chi connectivity index (χ0v) is 19.2. The maximum Gasteiger partial charge on any atom is 0.410 e. The lowest BCUT2D eigenvalue weighted by molar-refractivity contribution is 0.0190. The molecule has 2 N–H and O–H groups in total. The highest BCUT2D eigenvalue weighted by Crippen LogP contribution is 2.12. The van der Waals surface area contributed by atoms with Crippen LogP contribution in [0, 0.1) is 0 Å². The summed E-state index contributed by atoms with van der Waals surface area (Å²) in [7, 11) is 1.73. The van der Waals surface area contributed by atoms with Crippen LogP contribution in [-0.2, 0) is 9.47 Å². The monoisotopic (exact) mass is 472 g/mol. The minimum absolute atomic E-state index is 0. The van der Waals surface area contributed by atoms with Gasteiger partial charge in [0.1, 0.15) is 5.60 Å². The zero-order valence-electron chi connectivity index (χ0n) is 16.8. The number of guanidine groups is 1. The second kappa shape index (κ2) is 14.4. The lowest BCUT2D eigenvalue weighted by atomic mass is 10.2. The predicted molar refractivity (Wildman–Crippen MR) is 114 cm³/mol. The first-order chi connectivity index (χ1) is 11.2. The predicted octanol–water partition coefficient (Wildman–Crippen LogP) is 2.84. The fourth-order valence-corrected chi connectivity index (χ4v) is 1.94. The van der Waals surface area contributed by atoms with E-state index in [0.717, 1.165) is 18.9 Å². The van der Waals surface area contributed by atoms with Crippen molar-refractivity contribution in [2.75, 3.05) is 39.9 Å². The number of nitrogens with zero attached hydrogens (tertiary/aromatic N) is 2. The minimum Gasteiger partial charge on any atom is -0.444 e. The Bertz CT molecular complexity index is 385. The van der Waals surface area contributed by atoms with Gasteiger partial charge in [0.05, 0.1) is 6.61 Å². The van der Waals surface area contributed by atoms with E-state index in [0.29, 0.717) is 26.3 Å².